The van der Waals surface area contributed by atoms with Gasteiger partial charge >= 0.3 is 0 Å². The molecule has 0 saturated carbocycles. The molecule has 5 heteroatoms. The Kier molecular flexibility index (Phi) is 5.14. The van der Waals surface area contributed by atoms with Crippen LogP contribution in [0.2, 0.25) is 0 Å². The molecule has 3 aromatic rings. The van der Waals surface area contributed by atoms with Gasteiger partial charge in [0.15, 0.2) is 0 Å². The SMILES string of the molecule is CC(C)Oc1ccc(C(=O)NCc2cncc(-c3ccoc3)c2)cc1. The van der Waals surface area contributed by atoms with Gasteiger partial charge in [0.25, 0.3) is 5.91 Å². The highest BCUT2D eigenvalue weighted by atomic mass is 16.5. The lowest BCUT2D eigenvalue weighted by atomic mass is 10.1. The molecule has 128 valence electrons. The van der Waals surface area contributed by atoms with Crippen LogP contribution in [0.5, 0.6) is 5.75 Å². The molecule has 5 nitrogen and oxygen atoms in total. The van der Waals surface area contributed by atoms with E-state index in [1.165, 1.54) is 0 Å². The Morgan fingerprint density at radius 2 is 1.96 bits per heavy atom. The quantitative estimate of drug-likeness (QED) is 0.737. The molecule has 1 aromatic carbocycles. The van der Waals surface area contributed by atoms with E-state index < -0.39 is 0 Å². The predicted molar refractivity (Wildman–Crippen MR) is 95.3 cm³/mol. The number of amides is 1. The van der Waals surface area contributed by atoms with Crippen LogP contribution in [0.25, 0.3) is 11.1 Å². The number of hydrogen-bond acceptors (Lipinski definition) is 4. The smallest absolute Gasteiger partial charge is 0.251 e. The van der Waals surface area contributed by atoms with Gasteiger partial charge in [0.2, 0.25) is 0 Å². The van der Waals surface area contributed by atoms with Crippen molar-refractivity contribution in [2.24, 2.45) is 0 Å². The molecule has 2 aromatic heterocycles. The maximum atomic E-state index is 12.3. The number of rotatable bonds is 6. The fourth-order valence-corrected chi connectivity index (χ4v) is 2.41. The van der Waals surface area contributed by atoms with Gasteiger partial charge in [-0.25, -0.2) is 0 Å². The first kappa shape index (κ1) is 16.8. The van der Waals surface area contributed by atoms with E-state index >= 15 is 0 Å². The summed E-state index contributed by atoms with van der Waals surface area (Å²) in [6.45, 7) is 4.33. The van der Waals surface area contributed by atoms with Gasteiger partial charge in [-0.05, 0) is 55.8 Å². The second-order valence-corrected chi connectivity index (χ2v) is 5.97. The number of ether oxygens (including phenoxy) is 1. The standard InChI is InChI=1S/C20H20N2O3/c1-14(2)25-19-5-3-16(4-6-19)20(23)22-11-15-9-18(12-21-10-15)17-7-8-24-13-17/h3-10,12-14H,11H2,1-2H3,(H,22,23). The number of hydrogen-bond donors (Lipinski definition) is 1. The summed E-state index contributed by atoms with van der Waals surface area (Å²) in [6, 6.07) is 11.0. The molecule has 2 heterocycles. The maximum absolute atomic E-state index is 12.3. The van der Waals surface area contributed by atoms with Crippen molar-refractivity contribution in [1.29, 1.82) is 0 Å². The van der Waals surface area contributed by atoms with Crippen molar-refractivity contribution in [2.45, 2.75) is 26.5 Å². The van der Waals surface area contributed by atoms with Gasteiger partial charge in [-0.15, -0.1) is 0 Å². The average molecular weight is 336 g/mol. The van der Waals surface area contributed by atoms with Crippen molar-refractivity contribution in [1.82, 2.24) is 10.3 Å². The highest BCUT2D eigenvalue weighted by molar-refractivity contribution is 5.94. The van der Waals surface area contributed by atoms with Crippen LogP contribution >= 0.6 is 0 Å². The number of carbonyl (C=O) groups excluding carboxylic acids is 1. The lowest BCUT2D eigenvalue weighted by Gasteiger charge is -2.10. The summed E-state index contributed by atoms with van der Waals surface area (Å²) < 4.78 is 10.7. The molecular formula is C20H20N2O3. The van der Waals surface area contributed by atoms with Crippen molar-refractivity contribution in [3.63, 3.8) is 0 Å². The summed E-state index contributed by atoms with van der Waals surface area (Å²) >= 11 is 0. The molecule has 0 bridgehead atoms. The monoisotopic (exact) mass is 336 g/mol. The number of benzene rings is 1. The predicted octanol–water partition coefficient (Wildman–Crippen LogP) is 4.06. The highest BCUT2D eigenvalue weighted by Crippen LogP contribution is 2.19. The van der Waals surface area contributed by atoms with Gasteiger partial charge in [0, 0.05) is 35.6 Å². The number of pyridine rings is 1. The average Bonchev–Trinajstić information content (AvgIpc) is 3.15. The van der Waals surface area contributed by atoms with E-state index in [1.54, 1.807) is 49.2 Å². The Balaban J connectivity index is 1.61. The second kappa shape index (κ2) is 7.66. The Morgan fingerprint density at radius 1 is 1.16 bits per heavy atom. The van der Waals surface area contributed by atoms with Crippen molar-refractivity contribution in [3.8, 4) is 16.9 Å². The van der Waals surface area contributed by atoms with Crippen LogP contribution < -0.4 is 10.1 Å². The van der Waals surface area contributed by atoms with E-state index in [0.29, 0.717) is 12.1 Å². The van der Waals surface area contributed by atoms with E-state index in [4.69, 9.17) is 9.15 Å². The van der Waals surface area contributed by atoms with Gasteiger partial charge < -0.3 is 14.5 Å². The lowest BCUT2D eigenvalue weighted by Crippen LogP contribution is -2.22. The molecule has 0 aliphatic carbocycles. The van der Waals surface area contributed by atoms with Crippen LogP contribution in [0.15, 0.2) is 65.7 Å². The Labute approximate surface area is 146 Å². The zero-order valence-corrected chi connectivity index (χ0v) is 14.2. The Morgan fingerprint density at radius 3 is 2.64 bits per heavy atom. The zero-order chi connectivity index (χ0) is 17.6. The largest absolute Gasteiger partial charge is 0.491 e. The third kappa shape index (κ3) is 4.47. The normalized spacial score (nSPS) is 10.7. The van der Waals surface area contributed by atoms with E-state index in [9.17, 15) is 4.79 Å². The first-order chi connectivity index (χ1) is 12.1. The number of carbonyl (C=O) groups is 1. The fourth-order valence-electron chi connectivity index (χ4n) is 2.41. The molecule has 3 rings (SSSR count). The molecule has 0 aliphatic rings. The van der Waals surface area contributed by atoms with Crippen LogP contribution in [0.3, 0.4) is 0 Å². The van der Waals surface area contributed by atoms with Gasteiger partial charge in [-0.2, -0.15) is 0 Å². The first-order valence-corrected chi connectivity index (χ1v) is 8.13. The van der Waals surface area contributed by atoms with Crippen molar-refractivity contribution < 1.29 is 13.9 Å². The van der Waals surface area contributed by atoms with E-state index in [2.05, 4.69) is 10.3 Å². The van der Waals surface area contributed by atoms with Crippen LogP contribution in [0, 0.1) is 0 Å². The second-order valence-electron chi connectivity index (χ2n) is 5.97. The minimum absolute atomic E-state index is 0.106. The summed E-state index contributed by atoms with van der Waals surface area (Å²) in [7, 11) is 0. The molecule has 0 saturated heterocycles. The van der Waals surface area contributed by atoms with E-state index in [-0.39, 0.29) is 12.0 Å². The minimum atomic E-state index is -0.134. The zero-order valence-electron chi connectivity index (χ0n) is 14.2. The number of furan rings is 1. The third-order valence-corrected chi connectivity index (χ3v) is 3.59. The summed E-state index contributed by atoms with van der Waals surface area (Å²) in [4.78, 5) is 16.5. The Hall–Kier alpha value is -3.08. The summed E-state index contributed by atoms with van der Waals surface area (Å²) in [6.07, 6.45) is 6.90. The van der Waals surface area contributed by atoms with Gasteiger partial charge in [-0.1, -0.05) is 0 Å². The van der Waals surface area contributed by atoms with Crippen LogP contribution in [0.4, 0.5) is 0 Å². The first-order valence-electron chi connectivity index (χ1n) is 8.13. The summed E-state index contributed by atoms with van der Waals surface area (Å²) in [5.74, 6) is 0.619. The molecular weight excluding hydrogens is 316 g/mol. The molecule has 0 aliphatic heterocycles. The fraction of sp³-hybridized carbons (Fsp3) is 0.200. The Bertz CT molecular complexity index is 824. The summed E-state index contributed by atoms with van der Waals surface area (Å²) in [5, 5.41) is 2.90. The minimum Gasteiger partial charge on any atom is -0.491 e. The molecule has 0 fully saturated rings. The third-order valence-electron chi connectivity index (χ3n) is 3.59. The molecule has 0 atom stereocenters. The van der Waals surface area contributed by atoms with Crippen LogP contribution in [-0.2, 0) is 6.54 Å². The van der Waals surface area contributed by atoms with Crippen molar-refractivity contribution in [3.05, 3.63) is 72.4 Å². The highest BCUT2D eigenvalue weighted by Gasteiger charge is 2.07. The van der Waals surface area contributed by atoms with Gasteiger partial charge in [0.1, 0.15) is 5.75 Å². The molecule has 0 spiro atoms. The summed E-state index contributed by atoms with van der Waals surface area (Å²) in [5.41, 5.74) is 3.43. The van der Waals surface area contributed by atoms with Gasteiger partial charge in [0.05, 0.1) is 18.6 Å². The van der Waals surface area contributed by atoms with E-state index in [1.807, 2.05) is 26.0 Å². The van der Waals surface area contributed by atoms with E-state index in [0.717, 1.165) is 22.4 Å². The molecule has 0 radical (unpaired) electrons. The molecule has 25 heavy (non-hydrogen) atoms. The molecule has 0 unspecified atom stereocenters. The number of nitrogens with zero attached hydrogens (tertiary/aromatic N) is 1. The van der Waals surface area contributed by atoms with Crippen LogP contribution in [0.1, 0.15) is 29.8 Å². The van der Waals surface area contributed by atoms with Crippen LogP contribution in [-0.4, -0.2) is 17.0 Å². The molecule has 1 N–H and O–H groups in total. The molecule has 1 amide bonds. The number of aromatic nitrogens is 1. The van der Waals surface area contributed by atoms with Crippen molar-refractivity contribution >= 4 is 5.91 Å². The lowest BCUT2D eigenvalue weighted by molar-refractivity contribution is 0.0951. The number of nitrogens with one attached hydrogen (secondary N) is 1. The maximum Gasteiger partial charge on any atom is 0.251 e. The topological polar surface area (TPSA) is 64.4 Å². The van der Waals surface area contributed by atoms with Gasteiger partial charge in [-0.3, -0.25) is 9.78 Å². The van der Waals surface area contributed by atoms with Crippen molar-refractivity contribution in [2.75, 3.05) is 0 Å².